The van der Waals surface area contributed by atoms with E-state index in [4.69, 9.17) is 0 Å². The zero-order valence-corrected chi connectivity index (χ0v) is 11.1. The van der Waals surface area contributed by atoms with Gasteiger partial charge in [0.1, 0.15) is 5.25 Å². The van der Waals surface area contributed by atoms with Gasteiger partial charge in [0.05, 0.1) is 6.07 Å². The molecule has 0 heterocycles. The van der Waals surface area contributed by atoms with Crippen LogP contribution in [0.3, 0.4) is 0 Å². The minimum atomic E-state index is -3.59. The number of aliphatic carboxylic acids is 1. The van der Waals surface area contributed by atoms with Gasteiger partial charge >= 0.3 is 5.97 Å². The molecule has 1 fully saturated rings. The Kier molecular flexibility index (Phi) is 3.11. The molecule has 1 aliphatic rings. The maximum absolute atomic E-state index is 12.0. The Morgan fingerprint density at radius 1 is 1.42 bits per heavy atom. The molecule has 0 aromatic heterocycles. The van der Waals surface area contributed by atoms with E-state index in [1.807, 2.05) is 0 Å². The fourth-order valence-electron chi connectivity index (χ4n) is 2.56. The summed E-state index contributed by atoms with van der Waals surface area (Å²) in [6.07, 6.45) is 0. The molecule has 1 N–H and O–H groups in total. The van der Waals surface area contributed by atoms with Crippen molar-refractivity contribution in [1.29, 1.82) is 5.26 Å². The quantitative estimate of drug-likeness (QED) is 0.893. The smallest absolute Gasteiger partial charge is 0.326 e. The highest BCUT2D eigenvalue weighted by Gasteiger charge is 2.76. The molecule has 19 heavy (non-hydrogen) atoms. The summed E-state index contributed by atoms with van der Waals surface area (Å²) in [5, 5.41) is 17.3. The lowest BCUT2D eigenvalue weighted by Crippen LogP contribution is -2.23. The van der Waals surface area contributed by atoms with Crippen LogP contribution in [0.5, 0.6) is 0 Å². The van der Waals surface area contributed by atoms with E-state index in [2.05, 4.69) is 0 Å². The SMILES string of the molecule is CCS(=O)(=O)[C@@H]1[C@H](c2ccccc2)[C@@]1(C#N)C(=O)O. The van der Waals surface area contributed by atoms with Gasteiger partial charge in [-0.05, 0) is 5.56 Å². The van der Waals surface area contributed by atoms with Gasteiger partial charge in [-0.3, -0.25) is 4.79 Å². The van der Waals surface area contributed by atoms with Crippen LogP contribution < -0.4 is 0 Å². The van der Waals surface area contributed by atoms with Crippen LogP contribution in [0.1, 0.15) is 18.4 Å². The molecule has 3 atom stereocenters. The lowest BCUT2D eigenvalue weighted by molar-refractivity contribution is -0.141. The van der Waals surface area contributed by atoms with Crippen LogP contribution in [0, 0.1) is 16.7 Å². The average molecular weight is 279 g/mol. The van der Waals surface area contributed by atoms with Crippen molar-refractivity contribution in [2.45, 2.75) is 18.1 Å². The van der Waals surface area contributed by atoms with Crippen molar-refractivity contribution in [3.8, 4) is 6.07 Å². The summed E-state index contributed by atoms with van der Waals surface area (Å²) in [6, 6.07) is 10.2. The number of nitriles is 1. The Bertz CT molecular complexity index is 647. The number of hydrogen-bond acceptors (Lipinski definition) is 4. The first-order chi connectivity index (χ1) is 8.91. The van der Waals surface area contributed by atoms with Crippen LogP contribution in [0.2, 0.25) is 0 Å². The van der Waals surface area contributed by atoms with Crippen molar-refractivity contribution in [3.05, 3.63) is 35.9 Å². The van der Waals surface area contributed by atoms with E-state index in [0.29, 0.717) is 5.56 Å². The van der Waals surface area contributed by atoms with Crippen molar-refractivity contribution >= 4 is 15.8 Å². The Morgan fingerprint density at radius 3 is 2.42 bits per heavy atom. The highest BCUT2D eigenvalue weighted by atomic mass is 32.2. The van der Waals surface area contributed by atoms with E-state index in [0.717, 1.165) is 0 Å². The van der Waals surface area contributed by atoms with Gasteiger partial charge in [-0.25, -0.2) is 8.42 Å². The topological polar surface area (TPSA) is 95.2 Å². The molecule has 1 saturated carbocycles. The van der Waals surface area contributed by atoms with E-state index in [9.17, 15) is 23.6 Å². The maximum atomic E-state index is 12.0. The van der Waals surface area contributed by atoms with E-state index < -0.39 is 32.4 Å². The predicted molar refractivity (Wildman–Crippen MR) is 68.1 cm³/mol. The maximum Gasteiger partial charge on any atom is 0.326 e. The fraction of sp³-hybridized carbons (Fsp3) is 0.385. The number of benzene rings is 1. The summed E-state index contributed by atoms with van der Waals surface area (Å²) in [6.45, 7) is 1.46. The van der Waals surface area contributed by atoms with Gasteiger partial charge in [0.15, 0.2) is 15.3 Å². The van der Waals surface area contributed by atoms with E-state index >= 15 is 0 Å². The highest BCUT2D eigenvalue weighted by Crippen LogP contribution is 2.62. The van der Waals surface area contributed by atoms with Crippen molar-refractivity contribution in [2.24, 2.45) is 5.41 Å². The molecule has 100 valence electrons. The van der Waals surface area contributed by atoms with E-state index in [1.165, 1.54) is 6.92 Å². The minimum absolute atomic E-state index is 0.169. The lowest BCUT2D eigenvalue weighted by Gasteiger charge is -2.01. The number of nitrogens with zero attached hydrogens (tertiary/aromatic N) is 1. The number of carbonyl (C=O) groups is 1. The molecule has 0 aliphatic heterocycles. The van der Waals surface area contributed by atoms with Crippen LogP contribution in [0.4, 0.5) is 0 Å². The third-order valence-corrected chi connectivity index (χ3v) is 5.84. The minimum Gasteiger partial charge on any atom is -0.480 e. The Morgan fingerprint density at radius 2 is 2.00 bits per heavy atom. The summed E-state index contributed by atoms with van der Waals surface area (Å²) in [5.74, 6) is -2.33. The summed E-state index contributed by atoms with van der Waals surface area (Å²) in [4.78, 5) is 11.4. The molecular weight excluding hydrogens is 266 g/mol. The first kappa shape index (κ1) is 13.6. The molecule has 0 spiro atoms. The molecule has 0 amide bonds. The van der Waals surface area contributed by atoms with Gasteiger partial charge in [0, 0.05) is 11.7 Å². The Labute approximate surface area is 111 Å². The molecular formula is C13H13NO4S. The molecule has 1 aromatic rings. The monoisotopic (exact) mass is 279 g/mol. The van der Waals surface area contributed by atoms with Crippen LogP contribution in [0.15, 0.2) is 30.3 Å². The second-order valence-corrected chi connectivity index (χ2v) is 6.96. The van der Waals surface area contributed by atoms with Gasteiger partial charge in [-0.1, -0.05) is 37.3 Å². The molecule has 0 unspecified atom stereocenters. The molecule has 2 rings (SSSR count). The lowest BCUT2D eigenvalue weighted by atomic mass is 10.0. The van der Waals surface area contributed by atoms with Crippen molar-refractivity contribution in [1.82, 2.24) is 0 Å². The third-order valence-electron chi connectivity index (χ3n) is 3.62. The second kappa shape index (κ2) is 4.35. The molecule has 1 aliphatic carbocycles. The number of carboxylic acid groups (broad SMARTS) is 1. The molecule has 5 nitrogen and oxygen atoms in total. The van der Waals surface area contributed by atoms with Gasteiger partial charge < -0.3 is 5.11 Å². The van der Waals surface area contributed by atoms with Crippen LogP contribution in [-0.4, -0.2) is 30.5 Å². The molecule has 0 bridgehead atoms. The standard InChI is InChI=1S/C13H13NO4S/c1-2-19(17,18)11-10(9-6-4-3-5-7-9)13(11,8-14)12(15)16/h3-7,10-11H,2H2,1H3,(H,15,16)/t10-,11+,13+/m0/s1. The predicted octanol–water partition coefficient (Wildman–Crippen LogP) is 1.18. The summed E-state index contributed by atoms with van der Waals surface area (Å²) < 4.78 is 24.0. The number of hydrogen-bond donors (Lipinski definition) is 1. The van der Waals surface area contributed by atoms with Gasteiger partial charge in [0.2, 0.25) is 0 Å². The Hall–Kier alpha value is -1.87. The van der Waals surface area contributed by atoms with Gasteiger partial charge in [-0.2, -0.15) is 5.26 Å². The number of rotatable bonds is 4. The van der Waals surface area contributed by atoms with Crippen molar-refractivity contribution in [2.75, 3.05) is 5.75 Å². The molecule has 1 aromatic carbocycles. The molecule has 0 saturated heterocycles. The largest absolute Gasteiger partial charge is 0.480 e. The zero-order valence-electron chi connectivity index (χ0n) is 10.3. The summed E-state index contributed by atoms with van der Waals surface area (Å²) in [7, 11) is -3.59. The molecule has 6 heteroatoms. The Balaban J connectivity index is 2.55. The average Bonchev–Trinajstić information content (AvgIpc) is 3.11. The van der Waals surface area contributed by atoms with Crippen LogP contribution in [0.25, 0.3) is 0 Å². The van der Waals surface area contributed by atoms with Crippen LogP contribution in [-0.2, 0) is 14.6 Å². The summed E-state index contributed by atoms with van der Waals surface area (Å²) >= 11 is 0. The van der Waals surface area contributed by atoms with E-state index in [1.54, 1.807) is 36.4 Å². The highest BCUT2D eigenvalue weighted by molar-refractivity contribution is 7.92. The van der Waals surface area contributed by atoms with Gasteiger partial charge in [0.25, 0.3) is 0 Å². The van der Waals surface area contributed by atoms with E-state index in [-0.39, 0.29) is 5.75 Å². The first-order valence-corrected chi connectivity index (χ1v) is 7.54. The fourth-order valence-corrected chi connectivity index (χ4v) is 4.49. The van der Waals surface area contributed by atoms with Crippen LogP contribution >= 0.6 is 0 Å². The normalized spacial score (nSPS) is 29.5. The second-order valence-electron chi connectivity index (χ2n) is 4.55. The number of carboxylic acids is 1. The zero-order chi connectivity index (χ0) is 14.3. The third kappa shape index (κ3) is 1.81. The number of sulfone groups is 1. The first-order valence-electron chi connectivity index (χ1n) is 5.83. The summed E-state index contributed by atoms with van der Waals surface area (Å²) in [5.41, 5.74) is -1.27. The van der Waals surface area contributed by atoms with Crippen molar-refractivity contribution < 1.29 is 18.3 Å². The molecule has 0 radical (unpaired) electrons. The van der Waals surface area contributed by atoms with Gasteiger partial charge in [-0.15, -0.1) is 0 Å². The van der Waals surface area contributed by atoms with Crippen molar-refractivity contribution in [3.63, 3.8) is 0 Å².